The van der Waals surface area contributed by atoms with Crippen LogP contribution < -0.4 is 16.0 Å². The van der Waals surface area contributed by atoms with Crippen LogP contribution in [0.2, 0.25) is 0 Å². The number of piperazine rings is 1. The number of hydrogen-bond acceptors (Lipinski definition) is 5. The fraction of sp³-hybridized carbons (Fsp3) is 0.619. The van der Waals surface area contributed by atoms with E-state index in [2.05, 4.69) is 33.1 Å². The molecule has 0 aromatic carbocycles. The highest BCUT2D eigenvalue weighted by molar-refractivity contribution is 5.81. The van der Waals surface area contributed by atoms with Gasteiger partial charge in [0.15, 0.2) is 5.96 Å². The molecular formula is C21H33N7O2. The predicted octanol–water partition coefficient (Wildman–Crippen LogP) is 0.413. The lowest BCUT2D eigenvalue weighted by Gasteiger charge is -2.36. The molecule has 2 aliphatic heterocycles. The van der Waals surface area contributed by atoms with Crippen LogP contribution >= 0.6 is 0 Å². The summed E-state index contributed by atoms with van der Waals surface area (Å²) in [6.07, 6.45) is 3.32. The molecule has 1 aromatic heterocycles. The molecule has 2 fully saturated rings. The molecule has 0 aliphatic carbocycles. The highest BCUT2D eigenvalue weighted by Gasteiger charge is 2.25. The number of nitrogens with two attached hydrogens (primary N) is 1. The summed E-state index contributed by atoms with van der Waals surface area (Å²) < 4.78 is 0. The van der Waals surface area contributed by atoms with Crippen LogP contribution in [0.25, 0.3) is 0 Å². The van der Waals surface area contributed by atoms with Crippen LogP contribution in [0, 0.1) is 5.92 Å². The fourth-order valence-electron chi connectivity index (χ4n) is 4.03. The maximum atomic E-state index is 11.6. The van der Waals surface area contributed by atoms with Gasteiger partial charge in [0.1, 0.15) is 5.82 Å². The van der Waals surface area contributed by atoms with Crippen molar-refractivity contribution in [3.8, 4) is 0 Å². The molecule has 1 aromatic rings. The Morgan fingerprint density at radius 2 is 1.83 bits per heavy atom. The molecule has 30 heavy (non-hydrogen) atoms. The molecule has 3 rings (SSSR count). The topological polar surface area (TPSA) is 107 Å². The molecule has 0 saturated carbocycles. The van der Waals surface area contributed by atoms with Crippen molar-refractivity contribution in [3.05, 3.63) is 23.9 Å². The van der Waals surface area contributed by atoms with Gasteiger partial charge in [0.2, 0.25) is 11.8 Å². The van der Waals surface area contributed by atoms with E-state index in [1.54, 1.807) is 13.1 Å². The average molecular weight is 416 g/mol. The number of piperidine rings is 1. The lowest BCUT2D eigenvalue weighted by Crippen LogP contribution is -2.53. The van der Waals surface area contributed by atoms with Crippen molar-refractivity contribution < 1.29 is 9.59 Å². The molecule has 9 nitrogen and oxygen atoms in total. The van der Waals surface area contributed by atoms with E-state index >= 15 is 0 Å². The quantitative estimate of drug-likeness (QED) is 0.533. The van der Waals surface area contributed by atoms with Gasteiger partial charge >= 0.3 is 0 Å². The lowest BCUT2D eigenvalue weighted by molar-refractivity contribution is -0.130. The van der Waals surface area contributed by atoms with Crippen molar-refractivity contribution in [2.24, 2.45) is 16.6 Å². The second-order valence-corrected chi connectivity index (χ2v) is 7.81. The van der Waals surface area contributed by atoms with E-state index in [9.17, 15) is 9.59 Å². The Kier molecular flexibility index (Phi) is 7.48. The standard InChI is InChI=1S/C21H33N7O2/c1-3-23-21(28-13-11-26(12-14-28)16(2)29)25-15-18-5-4-8-24-20(18)27-9-6-17(7-10-27)19(22)30/h4-5,8,17H,3,6-7,9-15H2,1-2H3,(H2,22,30)(H,23,25). The van der Waals surface area contributed by atoms with Crippen molar-refractivity contribution in [1.29, 1.82) is 0 Å². The van der Waals surface area contributed by atoms with Gasteiger partial charge in [0.05, 0.1) is 6.54 Å². The highest BCUT2D eigenvalue weighted by Crippen LogP contribution is 2.25. The summed E-state index contributed by atoms with van der Waals surface area (Å²) in [6.45, 7) is 9.49. The Balaban J connectivity index is 1.68. The van der Waals surface area contributed by atoms with Gasteiger partial charge in [-0.25, -0.2) is 9.98 Å². The number of aromatic nitrogens is 1. The molecule has 2 saturated heterocycles. The number of primary amides is 1. The van der Waals surface area contributed by atoms with Crippen LogP contribution in [-0.2, 0) is 16.1 Å². The Hall–Kier alpha value is -2.84. The fourth-order valence-corrected chi connectivity index (χ4v) is 4.03. The van der Waals surface area contributed by atoms with Crippen LogP contribution in [-0.4, -0.2) is 78.4 Å². The second-order valence-electron chi connectivity index (χ2n) is 7.81. The highest BCUT2D eigenvalue weighted by atomic mass is 16.2. The van der Waals surface area contributed by atoms with Gasteiger partial charge in [-0.3, -0.25) is 9.59 Å². The zero-order valence-corrected chi connectivity index (χ0v) is 18.0. The molecule has 9 heteroatoms. The lowest BCUT2D eigenvalue weighted by atomic mass is 9.96. The van der Waals surface area contributed by atoms with Crippen molar-refractivity contribution in [2.45, 2.75) is 33.2 Å². The first-order chi connectivity index (χ1) is 14.5. The van der Waals surface area contributed by atoms with Crippen LogP contribution in [0.15, 0.2) is 23.3 Å². The normalized spacial score (nSPS) is 18.5. The Morgan fingerprint density at radius 3 is 2.43 bits per heavy atom. The summed E-state index contributed by atoms with van der Waals surface area (Å²) in [5.41, 5.74) is 6.53. The molecule has 0 unspecified atom stereocenters. The number of hydrogen-bond donors (Lipinski definition) is 2. The van der Waals surface area contributed by atoms with E-state index in [0.29, 0.717) is 19.6 Å². The van der Waals surface area contributed by atoms with E-state index in [1.165, 1.54) is 0 Å². The second kappa shape index (κ2) is 10.3. The largest absolute Gasteiger partial charge is 0.369 e. The third-order valence-corrected chi connectivity index (χ3v) is 5.82. The van der Waals surface area contributed by atoms with Gasteiger partial charge in [0, 0.05) is 70.4 Å². The van der Waals surface area contributed by atoms with Crippen LogP contribution in [0.3, 0.4) is 0 Å². The summed E-state index contributed by atoms with van der Waals surface area (Å²) in [6, 6.07) is 3.99. The number of carbonyl (C=O) groups is 2. The zero-order chi connectivity index (χ0) is 21.5. The number of anilines is 1. The molecule has 2 aliphatic rings. The number of nitrogens with zero attached hydrogens (tertiary/aromatic N) is 5. The number of rotatable bonds is 5. The van der Waals surface area contributed by atoms with Crippen molar-refractivity contribution >= 4 is 23.6 Å². The number of nitrogens with one attached hydrogen (secondary N) is 1. The van der Waals surface area contributed by atoms with E-state index in [1.807, 2.05) is 11.0 Å². The minimum Gasteiger partial charge on any atom is -0.369 e. The first kappa shape index (κ1) is 21.9. The van der Waals surface area contributed by atoms with Gasteiger partial charge in [-0.2, -0.15) is 0 Å². The first-order valence-electron chi connectivity index (χ1n) is 10.8. The number of pyridine rings is 1. The number of carbonyl (C=O) groups excluding carboxylic acids is 2. The smallest absolute Gasteiger partial charge is 0.220 e. The summed E-state index contributed by atoms with van der Waals surface area (Å²) in [7, 11) is 0. The van der Waals surface area contributed by atoms with E-state index < -0.39 is 0 Å². The SMILES string of the molecule is CCNC(=NCc1cccnc1N1CCC(C(N)=O)CC1)N1CCN(C(C)=O)CC1. The van der Waals surface area contributed by atoms with Crippen LogP contribution in [0.4, 0.5) is 5.82 Å². The number of aliphatic imine (C=N–C) groups is 1. The zero-order valence-electron chi connectivity index (χ0n) is 18.0. The van der Waals surface area contributed by atoms with E-state index in [0.717, 1.165) is 62.9 Å². The molecule has 0 radical (unpaired) electrons. The monoisotopic (exact) mass is 415 g/mol. The van der Waals surface area contributed by atoms with Gasteiger partial charge in [0.25, 0.3) is 0 Å². The number of amides is 2. The molecule has 0 atom stereocenters. The maximum absolute atomic E-state index is 11.6. The van der Waals surface area contributed by atoms with Gasteiger partial charge in [-0.15, -0.1) is 0 Å². The third kappa shape index (κ3) is 5.40. The molecule has 2 amide bonds. The molecular weight excluding hydrogens is 382 g/mol. The summed E-state index contributed by atoms with van der Waals surface area (Å²) in [4.78, 5) is 38.8. The third-order valence-electron chi connectivity index (χ3n) is 5.82. The van der Waals surface area contributed by atoms with Crippen molar-refractivity contribution in [1.82, 2.24) is 20.1 Å². The summed E-state index contributed by atoms with van der Waals surface area (Å²) >= 11 is 0. The van der Waals surface area contributed by atoms with E-state index in [-0.39, 0.29) is 17.7 Å². The first-order valence-corrected chi connectivity index (χ1v) is 10.8. The molecule has 0 bridgehead atoms. The molecule has 3 heterocycles. The predicted molar refractivity (Wildman–Crippen MR) is 117 cm³/mol. The molecule has 0 spiro atoms. The Bertz CT molecular complexity index is 766. The molecule has 3 N–H and O–H groups in total. The van der Waals surface area contributed by atoms with Gasteiger partial charge < -0.3 is 25.8 Å². The van der Waals surface area contributed by atoms with Gasteiger partial charge in [-0.05, 0) is 25.8 Å². The van der Waals surface area contributed by atoms with Crippen molar-refractivity contribution in [3.63, 3.8) is 0 Å². The molecule has 164 valence electrons. The maximum Gasteiger partial charge on any atom is 0.220 e. The Morgan fingerprint density at radius 1 is 1.17 bits per heavy atom. The van der Waals surface area contributed by atoms with Gasteiger partial charge in [-0.1, -0.05) is 6.07 Å². The average Bonchev–Trinajstić information content (AvgIpc) is 2.77. The van der Waals surface area contributed by atoms with E-state index in [4.69, 9.17) is 10.7 Å². The van der Waals surface area contributed by atoms with Crippen LogP contribution in [0.1, 0.15) is 32.3 Å². The number of guanidine groups is 1. The minimum atomic E-state index is -0.208. The summed E-state index contributed by atoms with van der Waals surface area (Å²) in [5, 5.41) is 3.37. The minimum absolute atomic E-state index is 0.0412. The Labute approximate surface area is 178 Å². The summed E-state index contributed by atoms with van der Waals surface area (Å²) in [5.74, 6) is 1.67. The van der Waals surface area contributed by atoms with Crippen molar-refractivity contribution in [2.75, 3.05) is 50.7 Å². The van der Waals surface area contributed by atoms with Crippen LogP contribution in [0.5, 0.6) is 0 Å².